The van der Waals surface area contributed by atoms with Gasteiger partial charge in [-0.2, -0.15) is 0 Å². The second kappa shape index (κ2) is 4.83. The van der Waals surface area contributed by atoms with Crippen molar-refractivity contribution in [1.82, 2.24) is 10.6 Å². The van der Waals surface area contributed by atoms with Gasteiger partial charge in [-0.3, -0.25) is 10.1 Å². The van der Waals surface area contributed by atoms with Crippen molar-refractivity contribution in [2.24, 2.45) is 0 Å². The molecule has 0 bridgehead atoms. The quantitative estimate of drug-likeness (QED) is 0.566. The third kappa shape index (κ3) is 2.39. The lowest BCUT2D eigenvalue weighted by molar-refractivity contribution is -0.115. The fourth-order valence-corrected chi connectivity index (χ4v) is 1.90. The molecule has 2 rings (SSSR count). The van der Waals surface area contributed by atoms with Crippen LogP contribution in [0.5, 0.6) is 11.5 Å². The van der Waals surface area contributed by atoms with Crippen molar-refractivity contribution in [2.45, 2.75) is 0 Å². The van der Waals surface area contributed by atoms with Crippen molar-refractivity contribution in [3.63, 3.8) is 0 Å². The molecule has 0 atom stereocenters. The Balaban J connectivity index is 2.41. The van der Waals surface area contributed by atoms with Gasteiger partial charge in [0.25, 0.3) is 5.91 Å². The van der Waals surface area contributed by atoms with Gasteiger partial charge in [-0.25, -0.2) is 0 Å². The zero-order valence-electron chi connectivity index (χ0n) is 9.28. The van der Waals surface area contributed by atoms with Crippen LogP contribution in [0.2, 0.25) is 5.02 Å². The molecule has 1 aliphatic rings. The van der Waals surface area contributed by atoms with Gasteiger partial charge in [-0.05, 0) is 36.0 Å². The molecule has 0 saturated carbocycles. The number of carbonyl (C=O) groups excluding carboxylic acids is 1. The van der Waals surface area contributed by atoms with Gasteiger partial charge in [0.15, 0.2) is 16.6 Å². The molecule has 1 heterocycles. The SMILES string of the molecule is COc1cc(/C=C2\NC(=S)NC2=O)cc(Cl)c1O. The molecule has 94 valence electrons. The smallest absolute Gasteiger partial charge is 0.273 e. The van der Waals surface area contributed by atoms with E-state index in [0.717, 1.165) is 0 Å². The number of amides is 1. The molecule has 1 amide bonds. The van der Waals surface area contributed by atoms with Crippen LogP contribution >= 0.6 is 23.8 Å². The Kier molecular flexibility index (Phi) is 3.40. The van der Waals surface area contributed by atoms with E-state index in [2.05, 4.69) is 10.6 Å². The Morgan fingerprint density at radius 3 is 2.72 bits per heavy atom. The first-order valence-corrected chi connectivity index (χ1v) is 5.70. The van der Waals surface area contributed by atoms with Crippen LogP contribution in [-0.2, 0) is 4.79 Å². The summed E-state index contributed by atoms with van der Waals surface area (Å²) in [6, 6.07) is 3.08. The first-order valence-electron chi connectivity index (χ1n) is 4.92. The van der Waals surface area contributed by atoms with Crippen molar-refractivity contribution in [3.8, 4) is 11.5 Å². The maximum atomic E-state index is 11.5. The molecule has 18 heavy (non-hydrogen) atoms. The van der Waals surface area contributed by atoms with Crippen LogP contribution in [0.3, 0.4) is 0 Å². The van der Waals surface area contributed by atoms with E-state index in [4.69, 9.17) is 28.6 Å². The van der Waals surface area contributed by atoms with E-state index in [-0.39, 0.29) is 27.5 Å². The minimum Gasteiger partial charge on any atom is -0.503 e. The van der Waals surface area contributed by atoms with Gasteiger partial charge in [-0.15, -0.1) is 0 Å². The number of carbonyl (C=O) groups is 1. The first-order chi connectivity index (χ1) is 8.51. The Labute approximate surface area is 113 Å². The normalized spacial score (nSPS) is 16.7. The molecule has 1 aromatic carbocycles. The standard InChI is InChI=1S/C11H9ClN2O3S/c1-17-8-4-5(2-6(12)9(8)15)3-7-10(16)14-11(18)13-7/h2-4,15H,1H3,(H2,13,14,16,18)/b7-3-. The second-order valence-electron chi connectivity index (χ2n) is 3.52. The summed E-state index contributed by atoms with van der Waals surface area (Å²) in [5, 5.41) is 15.1. The highest BCUT2D eigenvalue weighted by Crippen LogP contribution is 2.35. The van der Waals surface area contributed by atoms with E-state index >= 15 is 0 Å². The highest BCUT2D eigenvalue weighted by molar-refractivity contribution is 7.80. The number of phenols is 1. The Morgan fingerprint density at radius 2 is 2.17 bits per heavy atom. The number of ether oxygens (including phenoxy) is 1. The molecule has 0 radical (unpaired) electrons. The number of methoxy groups -OCH3 is 1. The summed E-state index contributed by atoms with van der Waals surface area (Å²) >= 11 is 10.7. The number of halogens is 1. The molecule has 3 N–H and O–H groups in total. The number of aromatic hydroxyl groups is 1. The fourth-order valence-electron chi connectivity index (χ4n) is 1.48. The third-order valence-corrected chi connectivity index (χ3v) is 2.79. The maximum absolute atomic E-state index is 11.5. The van der Waals surface area contributed by atoms with E-state index < -0.39 is 0 Å². The second-order valence-corrected chi connectivity index (χ2v) is 4.34. The van der Waals surface area contributed by atoms with Crippen LogP contribution in [0.15, 0.2) is 17.8 Å². The van der Waals surface area contributed by atoms with Crippen LogP contribution in [0.4, 0.5) is 0 Å². The highest BCUT2D eigenvalue weighted by Gasteiger charge is 2.20. The predicted molar refractivity (Wildman–Crippen MR) is 71.5 cm³/mol. The first kappa shape index (κ1) is 12.7. The molecule has 0 spiro atoms. The number of hydrogen-bond acceptors (Lipinski definition) is 4. The summed E-state index contributed by atoms with van der Waals surface area (Å²) in [4.78, 5) is 11.5. The van der Waals surface area contributed by atoms with Gasteiger partial charge in [0, 0.05) is 0 Å². The van der Waals surface area contributed by atoms with Crippen molar-refractivity contribution in [2.75, 3.05) is 7.11 Å². The maximum Gasteiger partial charge on any atom is 0.273 e. The minimum atomic E-state index is -0.317. The molecule has 1 fully saturated rings. The van der Waals surface area contributed by atoms with Crippen LogP contribution < -0.4 is 15.4 Å². The van der Waals surface area contributed by atoms with E-state index in [1.807, 2.05) is 0 Å². The lowest BCUT2D eigenvalue weighted by atomic mass is 10.1. The summed E-state index contributed by atoms with van der Waals surface area (Å²) in [6.45, 7) is 0. The highest BCUT2D eigenvalue weighted by atomic mass is 35.5. The zero-order chi connectivity index (χ0) is 13.3. The van der Waals surface area contributed by atoms with Gasteiger partial charge in [0.05, 0.1) is 12.1 Å². The van der Waals surface area contributed by atoms with Crippen LogP contribution in [0.1, 0.15) is 5.56 Å². The number of nitrogens with one attached hydrogen (secondary N) is 2. The molecule has 1 aliphatic heterocycles. The largest absolute Gasteiger partial charge is 0.503 e. The molecule has 0 aliphatic carbocycles. The Bertz CT molecular complexity index is 572. The Morgan fingerprint density at radius 1 is 1.44 bits per heavy atom. The lowest BCUT2D eigenvalue weighted by Crippen LogP contribution is -2.21. The lowest BCUT2D eigenvalue weighted by Gasteiger charge is -2.06. The fraction of sp³-hybridized carbons (Fsp3) is 0.0909. The van der Waals surface area contributed by atoms with Crippen molar-refractivity contribution in [3.05, 3.63) is 28.4 Å². The molecule has 1 aromatic rings. The average molecular weight is 285 g/mol. The minimum absolute atomic E-state index is 0.138. The monoisotopic (exact) mass is 284 g/mol. The molecule has 7 heteroatoms. The predicted octanol–water partition coefficient (Wildman–Crippen LogP) is 1.40. The van der Waals surface area contributed by atoms with Crippen LogP contribution in [-0.4, -0.2) is 23.2 Å². The number of phenolic OH excluding ortho intramolecular Hbond substituents is 1. The van der Waals surface area contributed by atoms with Gasteiger partial charge in [0.1, 0.15) is 5.70 Å². The molecule has 0 unspecified atom stereocenters. The van der Waals surface area contributed by atoms with Crippen molar-refractivity contribution >= 4 is 40.9 Å². The van der Waals surface area contributed by atoms with Crippen LogP contribution in [0, 0.1) is 0 Å². The van der Waals surface area contributed by atoms with E-state index in [0.29, 0.717) is 11.3 Å². The summed E-state index contributed by atoms with van der Waals surface area (Å²) in [5.41, 5.74) is 0.917. The summed E-state index contributed by atoms with van der Waals surface area (Å²) in [6.07, 6.45) is 1.56. The number of thiocarbonyl (C=S) groups is 1. The van der Waals surface area contributed by atoms with Gasteiger partial charge >= 0.3 is 0 Å². The summed E-state index contributed by atoms with van der Waals surface area (Å²) < 4.78 is 4.97. The molecule has 0 aromatic heterocycles. The van der Waals surface area contributed by atoms with Gasteiger partial charge in [-0.1, -0.05) is 11.6 Å². The van der Waals surface area contributed by atoms with Gasteiger partial charge in [0.2, 0.25) is 0 Å². The summed E-state index contributed by atoms with van der Waals surface area (Å²) in [5.74, 6) is -0.223. The molecule has 1 saturated heterocycles. The molecule has 5 nitrogen and oxygen atoms in total. The number of hydrogen-bond donors (Lipinski definition) is 3. The Hall–Kier alpha value is -1.79. The van der Waals surface area contributed by atoms with E-state index in [1.54, 1.807) is 12.1 Å². The topological polar surface area (TPSA) is 70.6 Å². The van der Waals surface area contributed by atoms with E-state index in [1.165, 1.54) is 13.2 Å². The molecular formula is C11H9ClN2O3S. The molecular weight excluding hydrogens is 276 g/mol. The van der Waals surface area contributed by atoms with Crippen molar-refractivity contribution in [1.29, 1.82) is 0 Å². The summed E-state index contributed by atoms with van der Waals surface area (Å²) in [7, 11) is 1.41. The van der Waals surface area contributed by atoms with E-state index in [9.17, 15) is 9.90 Å². The number of benzene rings is 1. The average Bonchev–Trinajstić information content (AvgIpc) is 2.62. The third-order valence-electron chi connectivity index (χ3n) is 2.30. The zero-order valence-corrected chi connectivity index (χ0v) is 10.9. The van der Waals surface area contributed by atoms with Crippen LogP contribution in [0.25, 0.3) is 6.08 Å². The van der Waals surface area contributed by atoms with Crippen molar-refractivity contribution < 1.29 is 14.6 Å². The number of rotatable bonds is 2. The van der Waals surface area contributed by atoms with Gasteiger partial charge < -0.3 is 15.2 Å².